The van der Waals surface area contributed by atoms with Crippen LogP contribution in [-0.4, -0.2) is 54.0 Å². The lowest BCUT2D eigenvalue weighted by Crippen LogP contribution is -2.35. The molecule has 7 heteroatoms. The van der Waals surface area contributed by atoms with Crippen molar-refractivity contribution >= 4 is 49.2 Å². The van der Waals surface area contributed by atoms with Crippen molar-refractivity contribution in [2.75, 3.05) is 38.5 Å². The number of halogens is 1. The van der Waals surface area contributed by atoms with Gasteiger partial charge >= 0.3 is 6.03 Å². The van der Waals surface area contributed by atoms with E-state index in [2.05, 4.69) is 39.3 Å². The number of nitrogens with zero attached hydrogens (tertiary/aromatic N) is 3. The number of amides is 2. The Morgan fingerprint density at radius 1 is 1.11 bits per heavy atom. The highest BCUT2D eigenvalue weighted by molar-refractivity contribution is 9.10. The van der Waals surface area contributed by atoms with Crippen molar-refractivity contribution in [3.63, 3.8) is 0 Å². The topological polar surface area (TPSA) is 48.5 Å². The fraction of sp³-hybridized carbons (Fsp3) is 0.333. The lowest BCUT2D eigenvalue weighted by atomic mass is 10.0. The van der Waals surface area contributed by atoms with Crippen LogP contribution in [0.2, 0.25) is 0 Å². The predicted octanol–water partition coefficient (Wildman–Crippen LogP) is 4.75. The van der Waals surface area contributed by atoms with Crippen LogP contribution in [0.3, 0.4) is 0 Å². The molecule has 144 valence electrons. The smallest absolute Gasteiger partial charge is 0.321 e. The maximum atomic E-state index is 12.6. The van der Waals surface area contributed by atoms with Crippen LogP contribution in [-0.2, 0) is 0 Å². The highest BCUT2D eigenvalue weighted by atomic mass is 79.9. The number of aromatic nitrogens is 1. The van der Waals surface area contributed by atoms with Gasteiger partial charge in [0.1, 0.15) is 5.01 Å². The van der Waals surface area contributed by atoms with Crippen molar-refractivity contribution in [2.24, 2.45) is 11.8 Å². The average Bonchev–Trinajstić information content (AvgIpc) is 3.34. The molecule has 0 aliphatic carbocycles. The SMILES string of the molecule is CN1C[C@@H]2CN(C(=O)Nc3ccc(-c4nc5cc(Br)ccc5s4)cc3)C[C@@H]2C1. The van der Waals surface area contributed by atoms with E-state index in [1.54, 1.807) is 11.3 Å². The van der Waals surface area contributed by atoms with E-state index in [0.29, 0.717) is 11.8 Å². The molecule has 28 heavy (non-hydrogen) atoms. The summed E-state index contributed by atoms with van der Waals surface area (Å²) in [6.07, 6.45) is 0. The molecule has 2 saturated heterocycles. The maximum absolute atomic E-state index is 12.6. The summed E-state index contributed by atoms with van der Waals surface area (Å²) in [5.41, 5.74) is 2.89. The Bertz CT molecular complexity index is 1020. The number of likely N-dealkylation sites (tertiary alicyclic amines) is 2. The Morgan fingerprint density at radius 3 is 2.54 bits per heavy atom. The fourth-order valence-electron chi connectivity index (χ4n) is 4.32. The number of urea groups is 1. The molecule has 1 N–H and O–H groups in total. The number of thiazole rings is 1. The molecule has 0 unspecified atom stereocenters. The second kappa shape index (κ2) is 7.13. The standard InChI is InChI=1S/C21H21BrN4OS/c1-25-9-14-11-26(12-15(14)10-25)21(27)23-17-5-2-13(3-6-17)20-24-18-8-16(22)4-7-19(18)28-20/h2-8,14-15H,9-12H2,1H3,(H,23,27)/t14-,15+. The first-order valence-electron chi connectivity index (χ1n) is 9.46. The molecule has 2 aromatic carbocycles. The summed E-state index contributed by atoms with van der Waals surface area (Å²) in [4.78, 5) is 21.7. The number of hydrogen-bond donors (Lipinski definition) is 1. The summed E-state index contributed by atoms with van der Waals surface area (Å²) in [6, 6.07) is 14.1. The Balaban J connectivity index is 1.26. The van der Waals surface area contributed by atoms with Gasteiger partial charge < -0.3 is 15.1 Å². The van der Waals surface area contributed by atoms with Crippen LogP contribution in [0.15, 0.2) is 46.9 Å². The largest absolute Gasteiger partial charge is 0.324 e. The quantitative estimate of drug-likeness (QED) is 0.604. The van der Waals surface area contributed by atoms with Gasteiger partial charge in [-0.15, -0.1) is 11.3 Å². The molecule has 0 radical (unpaired) electrons. The van der Waals surface area contributed by atoms with Gasteiger partial charge in [0.25, 0.3) is 0 Å². The van der Waals surface area contributed by atoms with Gasteiger partial charge in [0.2, 0.25) is 0 Å². The van der Waals surface area contributed by atoms with Crippen molar-refractivity contribution in [1.82, 2.24) is 14.8 Å². The normalized spacial score (nSPS) is 22.0. The minimum atomic E-state index is 0.00893. The third kappa shape index (κ3) is 3.43. The zero-order valence-corrected chi connectivity index (χ0v) is 18.0. The molecule has 0 bridgehead atoms. The van der Waals surface area contributed by atoms with E-state index >= 15 is 0 Å². The van der Waals surface area contributed by atoms with Crippen LogP contribution in [0.25, 0.3) is 20.8 Å². The van der Waals surface area contributed by atoms with E-state index in [0.717, 1.165) is 52.4 Å². The number of anilines is 1. The molecular weight excluding hydrogens is 436 g/mol. The lowest BCUT2D eigenvalue weighted by molar-refractivity contribution is 0.215. The summed E-state index contributed by atoms with van der Waals surface area (Å²) < 4.78 is 2.20. The third-order valence-corrected chi connectivity index (χ3v) is 7.27. The second-order valence-corrected chi connectivity index (χ2v) is 9.73. The Morgan fingerprint density at radius 2 is 1.82 bits per heavy atom. The molecular formula is C21H21BrN4OS. The number of fused-ring (bicyclic) bond motifs is 2. The van der Waals surface area contributed by atoms with Gasteiger partial charge in [0.05, 0.1) is 10.2 Å². The molecule has 3 aromatic rings. The van der Waals surface area contributed by atoms with Gasteiger partial charge in [-0.05, 0) is 61.3 Å². The van der Waals surface area contributed by atoms with Gasteiger partial charge in [-0.1, -0.05) is 15.9 Å². The van der Waals surface area contributed by atoms with E-state index in [1.807, 2.05) is 41.3 Å². The second-order valence-electron chi connectivity index (χ2n) is 7.78. The first-order chi connectivity index (χ1) is 13.5. The van der Waals surface area contributed by atoms with E-state index in [9.17, 15) is 4.79 Å². The summed E-state index contributed by atoms with van der Waals surface area (Å²) >= 11 is 5.17. The number of carbonyl (C=O) groups is 1. The zero-order chi connectivity index (χ0) is 19.3. The number of benzene rings is 2. The fourth-order valence-corrected chi connectivity index (χ4v) is 5.62. The number of carbonyl (C=O) groups excluding carboxylic acids is 1. The number of rotatable bonds is 2. The van der Waals surface area contributed by atoms with Crippen molar-refractivity contribution in [3.05, 3.63) is 46.9 Å². The molecule has 0 saturated carbocycles. The van der Waals surface area contributed by atoms with Crippen LogP contribution in [0, 0.1) is 11.8 Å². The van der Waals surface area contributed by atoms with Crippen LogP contribution in [0.1, 0.15) is 0 Å². The molecule has 2 fully saturated rings. The summed E-state index contributed by atoms with van der Waals surface area (Å²) in [5.74, 6) is 1.24. The minimum absolute atomic E-state index is 0.00893. The lowest BCUT2D eigenvalue weighted by Gasteiger charge is -2.20. The van der Waals surface area contributed by atoms with E-state index in [-0.39, 0.29) is 6.03 Å². The molecule has 0 spiro atoms. The van der Waals surface area contributed by atoms with Gasteiger partial charge in [0.15, 0.2) is 0 Å². The van der Waals surface area contributed by atoms with E-state index in [4.69, 9.17) is 4.98 Å². The highest BCUT2D eigenvalue weighted by Crippen LogP contribution is 2.33. The van der Waals surface area contributed by atoms with Gasteiger partial charge in [-0.3, -0.25) is 0 Å². The van der Waals surface area contributed by atoms with Crippen LogP contribution in [0.5, 0.6) is 0 Å². The average molecular weight is 457 g/mol. The molecule has 2 atom stereocenters. The molecule has 3 heterocycles. The van der Waals surface area contributed by atoms with Crippen LogP contribution >= 0.6 is 27.3 Å². The summed E-state index contributed by atoms with van der Waals surface area (Å²) in [5, 5.41) is 4.04. The molecule has 2 amide bonds. The highest BCUT2D eigenvalue weighted by Gasteiger charge is 2.40. The monoisotopic (exact) mass is 456 g/mol. The molecule has 2 aliphatic rings. The molecule has 1 aromatic heterocycles. The Hall–Kier alpha value is -1.96. The van der Waals surface area contributed by atoms with Crippen LogP contribution < -0.4 is 5.32 Å². The van der Waals surface area contributed by atoms with Crippen molar-refractivity contribution in [1.29, 1.82) is 0 Å². The summed E-state index contributed by atoms with van der Waals surface area (Å²) in [7, 11) is 2.16. The maximum Gasteiger partial charge on any atom is 0.321 e. The molecule has 5 nitrogen and oxygen atoms in total. The van der Waals surface area contributed by atoms with Crippen molar-refractivity contribution in [2.45, 2.75) is 0 Å². The third-order valence-electron chi connectivity index (χ3n) is 5.69. The van der Waals surface area contributed by atoms with Crippen molar-refractivity contribution in [3.8, 4) is 10.6 Å². The van der Waals surface area contributed by atoms with Gasteiger partial charge in [0, 0.05) is 41.9 Å². The first-order valence-corrected chi connectivity index (χ1v) is 11.1. The zero-order valence-electron chi connectivity index (χ0n) is 15.6. The number of hydrogen-bond acceptors (Lipinski definition) is 4. The predicted molar refractivity (Wildman–Crippen MR) is 118 cm³/mol. The summed E-state index contributed by atoms with van der Waals surface area (Å²) in [6.45, 7) is 3.92. The number of nitrogens with one attached hydrogen (secondary N) is 1. The minimum Gasteiger partial charge on any atom is -0.324 e. The van der Waals surface area contributed by atoms with Crippen LogP contribution in [0.4, 0.5) is 10.5 Å². The molecule has 2 aliphatic heterocycles. The van der Waals surface area contributed by atoms with Gasteiger partial charge in [-0.2, -0.15) is 0 Å². The van der Waals surface area contributed by atoms with Crippen molar-refractivity contribution < 1.29 is 4.79 Å². The van der Waals surface area contributed by atoms with Gasteiger partial charge in [-0.25, -0.2) is 9.78 Å². The molecule has 5 rings (SSSR count). The van der Waals surface area contributed by atoms with E-state index in [1.165, 1.54) is 4.70 Å². The Kier molecular flexibility index (Phi) is 4.61. The van der Waals surface area contributed by atoms with E-state index < -0.39 is 0 Å². The first kappa shape index (κ1) is 18.1. The Labute approximate surface area is 176 Å².